The lowest BCUT2D eigenvalue weighted by Crippen LogP contribution is -2.42. The predicted octanol–water partition coefficient (Wildman–Crippen LogP) is 1.82. The summed E-state index contributed by atoms with van der Waals surface area (Å²) in [6.07, 6.45) is 3.03. The van der Waals surface area contributed by atoms with Crippen molar-refractivity contribution in [2.24, 2.45) is 11.5 Å². The standard InChI is InChI=1S/C19H26FN5O2/c1-2-9-27-16-10-12(7-8-14(16)21)19-23-18(11-17(22)26)24-25(19)15-6-4-3-5-13(15)20/h3-6,12,14,16H,2,7-11,21H2,1H3,(H2,22,26)/t12-,14-,16-/m0/s1. The lowest BCUT2D eigenvalue weighted by atomic mass is 9.83. The van der Waals surface area contributed by atoms with Gasteiger partial charge in [0.2, 0.25) is 5.91 Å². The van der Waals surface area contributed by atoms with Crippen molar-refractivity contribution in [3.8, 4) is 5.69 Å². The average molecular weight is 375 g/mol. The zero-order valence-corrected chi connectivity index (χ0v) is 15.5. The fourth-order valence-corrected chi connectivity index (χ4v) is 3.51. The molecule has 0 unspecified atom stereocenters. The molecule has 4 N–H and O–H groups in total. The Kier molecular flexibility index (Phi) is 6.18. The Hall–Kier alpha value is -2.32. The molecule has 7 nitrogen and oxygen atoms in total. The monoisotopic (exact) mass is 375 g/mol. The third-order valence-corrected chi connectivity index (χ3v) is 4.83. The summed E-state index contributed by atoms with van der Waals surface area (Å²) in [5.41, 5.74) is 11.8. The van der Waals surface area contributed by atoms with Crippen molar-refractivity contribution in [1.82, 2.24) is 14.8 Å². The minimum atomic E-state index is -0.526. The molecular weight excluding hydrogens is 349 g/mol. The summed E-state index contributed by atoms with van der Waals surface area (Å²) >= 11 is 0. The van der Waals surface area contributed by atoms with Crippen molar-refractivity contribution >= 4 is 5.91 Å². The summed E-state index contributed by atoms with van der Waals surface area (Å²) in [4.78, 5) is 15.8. The van der Waals surface area contributed by atoms with Gasteiger partial charge < -0.3 is 16.2 Å². The number of nitrogens with zero attached hydrogens (tertiary/aromatic N) is 3. The topological polar surface area (TPSA) is 109 Å². The first-order chi connectivity index (χ1) is 13.0. The largest absolute Gasteiger partial charge is 0.377 e. The molecule has 2 aromatic rings. The van der Waals surface area contributed by atoms with Crippen molar-refractivity contribution in [1.29, 1.82) is 0 Å². The number of aromatic nitrogens is 3. The minimum absolute atomic E-state index is 0.0142. The SMILES string of the molecule is CCCO[C@H]1C[C@@H](c2nc(CC(N)=O)nn2-c2ccccc2F)CC[C@@H]1N. The van der Waals surface area contributed by atoms with Crippen LogP contribution in [0.5, 0.6) is 0 Å². The van der Waals surface area contributed by atoms with Crippen LogP contribution in [-0.2, 0) is 16.0 Å². The zero-order valence-electron chi connectivity index (χ0n) is 15.5. The van der Waals surface area contributed by atoms with Crippen LogP contribution in [0.1, 0.15) is 50.2 Å². The van der Waals surface area contributed by atoms with Gasteiger partial charge in [0, 0.05) is 18.6 Å². The molecule has 146 valence electrons. The van der Waals surface area contributed by atoms with E-state index in [-0.39, 0.29) is 24.5 Å². The Labute approximate surface area is 157 Å². The lowest BCUT2D eigenvalue weighted by molar-refractivity contribution is -0.117. The van der Waals surface area contributed by atoms with Gasteiger partial charge in [0.05, 0.1) is 12.5 Å². The number of ether oxygens (including phenoxy) is 1. The van der Waals surface area contributed by atoms with Crippen LogP contribution in [-0.4, -0.2) is 39.4 Å². The smallest absolute Gasteiger partial charge is 0.225 e. The minimum Gasteiger partial charge on any atom is -0.377 e. The molecule has 1 fully saturated rings. The molecule has 0 spiro atoms. The van der Waals surface area contributed by atoms with Gasteiger partial charge >= 0.3 is 0 Å². The van der Waals surface area contributed by atoms with Crippen LogP contribution in [0.3, 0.4) is 0 Å². The molecule has 0 aliphatic heterocycles. The molecular formula is C19H26FN5O2. The molecule has 0 saturated heterocycles. The van der Waals surface area contributed by atoms with Crippen LogP contribution in [0.4, 0.5) is 4.39 Å². The molecule has 8 heteroatoms. The van der Waals surface area contributed by atoms with Gasteiger partial charge in [0.1, 0.15) is 17.3 Å². The van der Waals surface area contributed by atoms with Crippen molar-refractivity contribution in [3.63, 3.8) is 0 Å². The van der Waals surface area contributed by atoms with E-state index in [2.05, 4.69) is 17.0 Å². The molecule has 3 rings (SSSR count). The van der Waals surface area contributed by atoms with E-state index in [1.54, 1.807) is 18.2 Å². The molecule has 1 aliphatic carbocycles. The summed E-state index contributed by atoms with van der Waals surface area (Å²) < 4.78 is 21.8. The van der Waals surface area contributed by atoms with Gasteiger partial charge in [-0.1, -0.05) is 19.1 Å². The maximum atomic E-state index is 14.4. The van der Waals surface area contributed by atoms with E-state index in [1.807, 2.05) is 0 Å². The van der Waals surface area contributed by atoms with Gasteiger partial charge in [-0.2, -0.15) is 5.10 Å². The maximum absolute atomic E-state index is 14.4. The number of primary amides is 1. The Morgan fingerprint density at radius 3 is 2.85 bits per heavy atom. The molecule has 0 radical (unpaired) electrons. The van der Waals surface area contributed by atoms with E-state index in [0.717, 1.165) is 19.3 Å². The normalized spacial score (nSPS) is 22.7. The highest BCUT2D eigenvalue weighted by molar-refractivity contribution is 5.75. The summed E-state index contributed by atoms with van der Waals surface area (Å²) in [6, 6.07) is 6.35. The van der Waals surface area contributed by atoms with E-state index in [1.165, 1.54) is 10.7 Å². The average Bonchev–Trinajstić information content (AvgIpc) is 3.04. The Balaban J connectivity index is 1.94. The first kappa shape index (κ1) is 19.4. The van der Waals surface area contributed by atoms with E-state index in [9.17, 15) is 9.18 Å². The highest BCUT2D eigenvalue weighted by Crippen LogP contribution is 2.34. The number of benzene rings is 1. The van der Waals surface area contributed by atoms with E-state index in [0.29, 0.717) is 30.4 Å². The number of para-hydroxylation sites is 1. The number of hydrogen-bond donors (Lipinski definition) is 2. The molecule has 1 aliphatic rings. The van der Waals surface area contributed by atoms with Crippen molar-refractivity contribution in [3.05, 3.63) is 41.7 Å². The van der Waals surface area contributed by atoms with Crippen LogP contribution in [0.15, 0.2) is 24.3 Å². The summed E-state index contributed by atoms with van der Waals surface area (Å²) in [5.74, 6) is -0.00184. The zero-order chi connectivity index (χ0) is 19.4. The number of halogens is 1. The number of carbonyl (C=O) groups is 1. The first-order valence-corrected chi connectivity index (χ1v) is 9.35. The van der Waals surface area contributed by atoms with Gasteiger partial charge in [-0.3, -0.25) is 4.79 Å². The summed E-state index contributed by atoms with van der Waals surface area (Å²) in [5, 5.41) is 4.36. The molecule has 3 atom stereocenters. The van der Waals surface area contributed by atoms with Crippen LogP contribution < -0.4 is 11.5 Å². The molecule has 1 heterocycles. The van der Waals surface area contributed by atoms with Crippen LogP contribution in [0.2, 0.25) is 0 Å². The first-order valence-electron chi connectivity index (χ1n) is 9.35. The Bertz CT molecular complexity index is 794. The third-order valence-electron chi connectivity index (χ3n) is 4.83. The molecule has 1 aromatic carbocycles. The van der Waals surface area contributed by atoms with Crippen molar-refractivity contribution in [2.75, 3.05) is 6.61 Å². The van der Waals surface area contributed by atoms with Gasteiger partial charge in [0.25, 0.3) is 0 Å². The molecule has 0 bridgehead atoms. The fraction of sp³-hybridized carbons (Fsp3) is 0.526. The molecule has 27 heavy (non-hydrogen) atoms. The summed E-state index contributed by atoms with van der Waals surface area (Å²) in [6.45, 7) is 2.70. The quantitative estimate of drug-likeness (QED) is 0.767. The molecule has 1 amide bonds. The third kappa shape index (κ3) is 4.51. The second kappa shape index (κ2) is 8.58. The van der Waals surface area contributed by atoms with Crippen LogP contribution in [0, 0.1) is 5.82 Å². The second-order valence-corrected chi connectivity index (χ2v) is 6.98. The molecule has 1 saturated carbocycles. The van der Waals surface area contributed by atoms with Crippen LogP contribution >= 0.6 is 0 Å². The molecule has 1 aromatic heterocycles. The summed E-state index contributed by atoms with van der Waals surface area (Å²) in [7, 11) is 0. The Morgan fingerprint density at radius 2 is 2.15 bits per heavy atom. The van der Waals surface area contributed by atoms with Gasteiger partial charge in [0.15, 0.2) is 5.82 Å². The number of nitrogens with two attached hydrogens (primary N) is 2. The maximum Gasteiger partial charge on any atom is 0.225 e. The number of rotatable bonds is 7. The van der Waals surface area contributed by atoms with E-state index < -0.39 is 11.7 Å². The van der Waals surface area contributed by atoms with E-state index >= 15 is 0 Å². The fourth-order valence-electron chi connectivity index (χ4n) is 3.51. The van der Waals surface area contributed by atoms with Crippen LogP contribution in [0.25, 0.3) is 5.69 Å². The van der Waals surface area contributed by atoms with Crippen molar-refractivity contribution in [2.45, 2.75) is 57.1 Å². The van der Waals surface area contributed by atoms with Gasteiger partial charge in [-0.25, -0.2) is 14.1 Å². The number of hydrogen-bond acceptors (Lipinski definition) is 5. The number of carbonyl (C=O) groups excluding carboxylic acids is 1. The highest BCUT2D eigenvalue weighted by atomic mass is 19.1. The Morgan fingerprint density at radius 1 is 1.37 bits per heavy atom. The number of amides is 1. The second-order valence-electron chi connectivity index (χ2n) is 6.98. The van der Waals surface area contributed by atoms with Gasteiger partial charge in [-0.15, -0.1) is 0 Å². The predicted molar refractivity (Wildman–Crippen MR) is 98.8 cm³/mol. The van der Waals surface area contributed by atoms with E-state index in [4.69, 9.17) is 16.2 Å². The van der Waals surface area contributed by atoms with Gasteiger partial charge in [-0.05, 0) is 37.8 Å². The van der Waals surface area contributed by atoms with Crippen molar-refractivity contribution < 1.29 is 13.9 Å². The highest BCUT2D eigenvalue weighted by Gasteiger charge is 2.33. The lowest BCUT2D eigenvalue weighted by Gasteiger charge is -2.33.